The Balaban J connectivity index is 1.67. The molecule has 3 aromatic rings. The van der Waals surface area contributed by atoms with Crippen molar-refractivity contribution in [3.8, 4) is 17.6 Å². The van der Waals surface area contributed by atoms with Gasteiger partial charge in [0.05, 0.1) is 25.7 Å². The summed E-state index contributed by atoms with van der Waals surface area (Å²) in [5.74, 6) is 0.927. The van der Waals surface area contributed by atoms with Gasteiger partial charge in [0.2, 0.25) is 5.88 Å². The molecule has 186 valence electrons. The molecule has 0 atom stereocenters. The number of hydrogen-bond donors (Lipinski definition) is 2. The highest BCUT2D eigenvalue weighted by atomic mass is 32.2. The quantitative estimate of drug-likeness (QED) is 0.405. The summed E-state index contributed by atoms with van der Waals surface area (Å²) >= 11 is 0. The van der Waals surface area contributed by atoms with Crippen molar-refractivity contribution >= 4 is 27.4 Å². The standard InChI is InChI=1S/C24H28N4O6S/c1-16(2)12-13-34-19-7-5-6-17(14-19)23(29)25-18-8-10-20(11-9-18)35(30,31)28-21-15-22(32-3)27-24(26-21)33-4/h5-11,14-16H,12-13H2,1-4H3,(H,25,29)(H,26,27,28). The Morgan fingerprint density at radius 1 is 1.00 bits per heavy atom. The number of carbonyl (C=O) groups excluding carboxylic acids is 1. The van der Waals surface area contributed by atoms with E-state index >= 15 is 0 Å². The third-order valence-electron chi connectivity index (χ3n) is 4.80. The van der Waals surface area contributed by atoms with Crippen molar-refractivity contribution in [2.24, 2.45) is 5.92 Å². The molecule has 0 spiro atoms. The van der Waals surface area contributed by atoms with Gasteiger partial charge in [0.1, 0.15) is 5.75 Å². The predicted octanol–water partition coefficient (Wildman–Crippen LogP) is 3.97. The van der Waals surface area contributed by atoms with E-state index in [0.717, 1.165) is 6.42 Å². The van der Waals surface area contributed by atoms with Crippen LogP contribution >= 0.6 is 0 Å². The lowest BCUT2D eigenvalue weighted by Gasteiger charge is -2.11. The molecule has 1 aromatic heterocycles. The van der Waals surface area contributed by atoms with Gasteiger partial charge in [-0.3, -0.25) is 9.52 Å². The van der Waals surface area contributed by atoms with Gasteiger partial charge in [-0.15, -0.1) is 0 Å². The summed E-state index contributed by atoms with van der Waals surface area (Å²) in [6, 6.07) is 13.9. The molecule has 11 heteroatoms. The average Bonchev–Trinajstić information content (AvgIpc) is 2.83. The SMILES string of the molecule is COc1cc(NS(=O)(=O)c2ccc(NC(=O)c3cccc(OCCC(C)C)c3)cc2)nc(OC)n1. The Hall–Kier alpha value is -3.86. The Kier molecular flexibility index (Phi) is 8.48. The molecule has 0 saturated carbocycles. The summed E-state index contributed by atoms with van der Waals surface area (Å²) in [7, 11) is -1.21. The van der Waals surface area contributed by atoms with Crippen LogP contribution in [0.15, 0.2) is 59.5 Å². The van der Waals surface area contributed by atoms with E-state index in [1.54, 1.807) is 24.3 Å². The first kappa shape index (κ1) is 25.8. The van der Waals surface area contributed by atoms with E-state index in [2.05, 4.69) is 33.9 Å². The van der Waals surface area contributed by atoms with Gasteiger partial charge in [0.15, 0.2) is 5.82 Å². The molecule has 0 bridgehead atoms. The number of nitrogens with zero attached hydrogens (tertiary/aromatic N) is 2. The maximum absolute atomic E-state index is 12.8. The average molecular weight is 501 g/mol. The minimum absolute atomic E-state index is 0.0124. The van der Waals surface area contributed by atoms with Crippen LogP contribution in [0.5, 0.6) is 17.6 Å². The Morgan fingerprint density at radius 2 is 1.74 bits per heavy atom. The van der Waals surface area contributed by atoms with Crippen LogP contribution in [-0.2, 0) is 10.0 Å². The van der Waals surface area contributed by atoms with Crippen molar-refractivity contribution < 1.29 is 27.4 Å². The molecule has 1 heterocycles. The van der Waals surface area contributed by atoms with E-state index in [1.165, 1.54) is 44.6 Å². The molecule has 3 rings (SSSR count). The number of anilines is 2. The Bertz CT molecular complexity index is 1240. The minimum Gasteiger partial charge on any atom is -0.494 e. The van der Waals surface area contributed by atoms with Gasteiger partial charge < -0.3 is 19.5 Å². The number of benzene rings is 2. The fourth-order valence-corrected chi connectivity index (χ4v) is 3.90. The van der Waals surface area contributed by atoms with E-state index in [0.29, 0.717) is 29.5 Å². The number of hydrogen-bond acceptors (Lipinski definition) is 8. The zero-order chi connectivity index (χ0) is 25.4. The molecular weight excluding hydrogens is 472 g/mol. The predicted molar refractivity (Wildman–Crippen MR) is 132 cm³/mol. The summed E-state index contributed by atoms with van der Waals surface area (Å²) < 4.78 is 43.6. The molecule has 2 aromatic carbocycles. The number of sulfonamides is 1. The van der Waals surface area contributed by atoms with Crippen LogP contribution in [0, 0.1) is 5.92 Å². The Labute approximate surface area is 204 Å². The van der Waals surface area contributed by atoms with Crippen LogP contribution in [0.2, 0.25) is 0 Å². The molecule has 0 aliphatic rings. The number of amides is 1. The summed E-state index contributed by atoms with van der Waals surface area (Å²) in [6.07, 6.45) is 0.916. The van der Waals surface area contributed by atoms with Crippen molar-refractivity contribution in [2.75, 3.05) is 30.9 Å². The first-order valence-corrected chi connectivity index (χ1v) is 12.3. The molecule has 0 aliphatic carbocycles. The molecule has 0 radical (unpaired) electrons. The summed E-state index contributed by atoms with van der Waals surface area (Å²) in [4.78, 5) is 20.5. The van der Waals surface area contributed by atoms with Crippen LogP contribution in [0.4, 0.5) is 11.5 Å². The lowest BCUT2D eigenvalue weighted by atomic mass is 10.1. The molecule has 0 fully saturated rings. The number of nitrogens with one attached hydrogen (secondary N) is 2. The van der Waals surface area contributed by atoms with Crippen molar-refractivity contribution in [3.05, 3.63) is 60.2 Å². The second kappa shape index (κ2) is 11.5. The van der Waals surface area contributed by atoms with E-state index in [9.17, 15) is 13.2 Å². The molecule has 0 unspecified atom stereocenters. The lowest BCUT2D eigenvalue weighted by Crippen LogP contribution is -2.15. The summed E-state index contributed by atoms with van der Waals surface area (Å²) in [6.45, 7) is 4.80. The summed E-state index contributed by atoms with van der Waals surface area (Å²) in [5.41, 5.74) is 0.863. The van der Waals surface area contributed by atoms with E-state index in [4.69, 9.17) is 14.2 Å². The van der Waals surface area contributed by atoms with Gasteiger partial charge in [-0.2, -0.15) is 9.97 Å². The van der Waals surface area contributed by atoms with Gasteiger partial charge >= 0.3 is 6.01 Å². The van der Waals surface area contributed by atoms with Crippen molar-refractivity contribution in [2.45, 2.75) is 25.2 Å². The first-order chi connectivity index (χ1) is 16.7. The van der Waals surface area contributed by atoms with Crippen LogP contribution in [0.25, 0.3) is 0 Å². The van der Waals surface area contributed by atoms with Gasteiger partial charge in [-0.1, -0.05) is 19.9 Å². The fraction of sp³-hybridized carbons (Fsp3) is 0.292. The highest BCUT2D eigenvalue weighted by molar-refractivity contribution is 7.92. The second-order valence-electron chi connectivity index (χ2n) is 7.93. The highest BCUT2D eigenvalue weighted by Gasteiger charge is 2.17. The third kappa shape index (κ3) is 7.31. The van der Waals surface area contributed by atoms with Crippen LogP contribution in [0.3, 0.4) is 0 Å². The van der Waals surface area contributed by atoms with Crippen LogP contribution in [0.1, 0.15) is 30.6 Å². The molecule has 0 aliphatic heterocycles. The molecule has 2 N–H and O–H groups in total. The second-order valence-corrected chi connectivity index (χ2v) is 9.61. The number of rotatable bonds is 11. The third-order valence-corrected chi connectivity index (χ3v) is 6.17. The largest absolute Gasteiger partial charge is 0.494 e. The normalized spacial score (nSPS) is 11.1. The van der Waals surface area contributed by atoms with Gasteiger partial charge in [-0.25, -0.2) is 8.42 Å². The van der Waals surface area contributed by atoms with Gasteiger partial charge in [0, 0.05) is 17.3 Å². The molecule has 35 heavy (non-hydrogen) atoms. The van der Waals surface area contributed by atoms with Crippen LogP contribution in [-0.4, -0.2) is 45.1 Å². The van der Waals surface area contributed by atoms with Gasteiger partial charge in [-0.05, 0) is 54.8 Å². The zero-order valence-corrected chi connectivity index (χ0v) is 20.8. The maximum atomic E-state index is 12.8. The Morgan fingerprint density at radius 3 is 2.40 bits per heavy atom. The maximum Gasteiger partial charge on any atom is 0.321 e. The van der Waals surface area contributed by atoms with E-state index in [1.807, 2.05) is 0 Å². The molecule has 10 nitrogen and oxygen atoms in total. The highest BCUT2D eigenvalue weighted by Crippen LogP contribution is 2.22. The minimum atomic E-state index is -3.96. The van der Waals surface area contributed by atoms with Crippen molar-refractivity contribution in [3.63, 3.8) is 0 Å². The topological polar surface area (TPSA) is 129 Å². The fourth-order valence-electron chi connectivity index (χ4n) is 2.91. The number of carbonyl (C=O) groups is 1. The number of ether oxygens (including phenoxy) is 3. The number of aromatic nitrogens is 2. The van der Waals surface area contributed by atoms with Crippen molar-refractivity contribution in [1.29, 1.82) is 0 Å². The molecule has 1 amide bonds. The monoisotopic (exact) mass is 500 g/mol. The first-order valence-electron chi connectivity index (χ1n) is 10.8. The van der Waals surface area contributed by atoms with E-state index in [-0.39, 0.29) is 28.5 Å². The molecule has 0 saturated heterocycles. The lowest BCUT2D eigenvalue weighted by molar-refractivity contribution is 0.102. The van der Waals surface area contributed by atoms with Crippen LogP contribution < -0.4 is 24.2 Å². The smallest absolute Gasteiger partial charge is 0.321 e. The number of methoxy groups -OCH3 is 2. The van der Waals surface area contributed by atoms with E-state index < -0.39 is 10.0 Å². The summed E-state index contributed by atoms with van der Waals surface area (Å²) in [5, 5.41) is 2.75. The molecular formula is C24H28N4O6S. The van der Waals surface area contributed by atoms with Crippen molar-refractivity contribution in [1.82, 2.24) is 9.97 Å². The zero-order valence-electron chi connectivity index (χ0n) is 19.9. The van der Waals surface area contributed by atoms with Gasteiger partial charge in [0.25, 0.3) is 15.9 Å².